The summed E-state index contributed by atoms with van der Waals surface area (Å²) in [7, 11) is -3.13. The fourth-order valence-electron chi connectivity index (χ4n) is 3.91. The summed E-state index contributed by atoms with van der Waals surface area (Å²) in [5, 5.41) is 1.22. The van der Waals surface area contributed by atoms with Crippen molar-refractivity contribution in [1.29, 1.82) is 0 Å². The molecule has 6 nitrogen and oxygen atoms in total. The van der Waals surface area contributed by atoms with Gasteiger partial charge in [-0.05, 0) is 44.6 Å². The van der Waals surface area contributed by atoms with E-state index >= 15 is 0 Å². The van der Waals surface area contributed by atoms with Crippen molar-refractivity contribution in [2.45, 2.75) is 39.0 Å². The molecule has 0 amide bonds. The molecule has 3 heterocycles. The Morgan fingerprint density at radius 2 is 1.80 bits per heavy atom. The largest absolute Gasteiger partial charge is 0.355 e. The molecule has 4 rings (SSSR count). The van der Waals surface area contributed by atoms with E-state index in [2.05, 4.69) is 9.88 Å². The van der Waals surface area contributed by atoms with Crippen LogP contribution < -0.4 is 4.90 Å². The van der Waals surface area contributed by atoms with Gasteiger partial charge in [-0.1, -0.05) is 0 Å². The molecule has 2 aromatic heterocycles. The van der Waals surface area contributed by atoms with Crippen LogP contribution in [0.3, 0.4) is 0 Å². The average molecular weight is 381 g/mol. The van der Waals surface area contributed by atoms with Crippen molar-refractivity contribution in [3.05, 3.63) is 16.3 Å². The maximum absolute atomic E-state index is 11.9. The van der Waals surface area contributed by atoms with Gasteiger partial charge in [-0.15, -0.1) is 11.3 Å². The first-order chi connectivity index (χ1) is 11.9. The smallest absolute Gasteiger partial charge is 0.211 e. The molecule has 136 valence electrons. The van der Waals surface area contributed by atoms with Crippen LogP contribution in [-0.2, 0) is 22.9 Å². The van der Waals surface area contributed by atoms with Crippen LogP contribution in [0, 0.1) is 6.92 Å². The van der Waals surface area contributed by atoms with Gasteiger partial charge in [0.05, 0.1) is 11.6 Å². The molecule has 0 saturated carbocycles. The van der Waals surface area contributed by atoms with Gasteiger partial charge in [-0.3, -0.25) is 0 Å². The molecule has 25 heavy (non-hydrogen) atoms. The summed E-state index contributed by atoms with van der Waals surface area (Å²) in [6, 6.07) is 0. The molecule has 1 saturated heterocycles. The number of aryl methyl sites for hydroxylation is 3. The van der Waals surface area contributed by atoms with Crippen molar-refractivity contribution in [2.75, 3.05) is 37.3 Å². The Morgan fingerprint density at radius 3 is 2.60 bits per heavy atom. The van der Waals surface area contributed by atoms with Gasteiger partial charge in [-0.2, -0.15) is 0 Å². The molecule has 0 N–H and O–H groups in total. The lowest BCUT2D eigenvalue weighted by Gasteiger charge is -2.24. The molecule has 2 aromatic rings. The van der Waals surface area contributed by atoms with E-state index < -0.39 is 10.0 Å². The molecule has 0 radical (unpaired) electrons. The number of aromatic nitrogens is 2. The molecule has 1 aliphatic carbocycles. The molecule has 0 atom stereocenters. The highest BCUT2D eigenvalue weighted by molar-refractivity contribution is 7.88. The molecule has 0 aromatic carbocycles. The zero-order valence-electron chi connectivity index (χ0n) is 14.8. The zero-order valence-corrected chi connectivity index (χ0v) is 16.4. The predicted molar refractivity (Wildman–Crippen MR) is 102 cm³/mol. The molecule has 2 aliphatic rings. The third kappa shape index (κ3) is 3.27. The van der Waals surface area contributed by atoms with Gasteiger partial charge < -0.3 is 4.90 Å². The van der Waals surface area contributed by atoms with Crippen LogP contribution in [0.1, 0.15) is 35.5 Å². The number of hydrogen-bond donors (Lipinski definition) is 0. The van der Waals surface area contributed by atoms with E-state index in [-0.39, 0.29) is 0 Å². The lowest BCUT2D eigenvalue weighted by molar-refractivity contribution is 0.437. The number of fused-ring (bicyclic) bond motifs is 3. The SMILES string of the molecule is Cc1nc(N2CCCN(S(C)(=O)=O)CC2)c2c3c(sc2n1)CCCC3. The molecule has 1 fully saturated rings. The van der Waals surface area contributed by atoms with Crippen LogP contribution in [0.25, 0.3) is 10.2 Å². The van der Waals surface area contributed by atoms with Gasteiger partial charge in [0.1, 0.15) is 16.5 Å². The minimum Gasteiger partial charge on any atom is -0.355 e. The molecular formula is C17H24N4O2S2. The summed E-state index contributed by atoms with van der Waals surface area (Å²) in [5.74, 6) is 1.81. The molecular weight excluding hydrogens is 356 g/mol. The Bertz CT molecular complexity index is 907. The summed E-state index contributed by atoms with van der Waals surface area (Å²) in [6.07, 6.45) is 6.87. The van der Waals surface area contributed by atoms with Crippen LogP contribution in [0.15, 0.2) is 0 Å². The highest BCUT2D eigenvalue weighted by Crippen LogP contribution is 2.39. The average Bonchev–Trinajstić information content (AvgIpc) is 2.74. The first-order valence-electron chi connectivity index (χ1n) is 8.92. The molecule has 0 spiro atoms. The van der Waals surface area contributed by atoms with Gasteiger partial charge in [0.15, 0.2) is 0 Å². The van der Waals surface area contributed by atoms with Crippen LogP contribution in [0.5, 0.6) is 0 Å². The van der Waals surface area contributed by atoms with E-state index in [1.807, 2.05) is 18.3 Å². The van der Waals surface area contributed by atoms with E-state index in [0.29, 0.717) is 19.6 Å². The summed E-state index contributed by atoms with van der Waals surface area (Å²) in [4.78, 5) is 14.3. The second-order valence-corrected chi connectivity index (χ2v) is 10.1. The quantitative estimate of drug-likeness (QED) is 0.800. The predicted octanol–water partition coefficient (Wildman–Crippen LogP) is 2.35. The molecule has 8 heteroatoms. The maximum Gasteiger partial charge on any atom is 0.211 e. The zero-order chi connectivity index (χ0) is 17.6. The van der Waals surface area contributed by atoms with Gasteiger partial charge >= 0.3 is 0 Å². The number of thiophene rings is 1. The third-order valence-electron chi connectivity index (χ3n) is 5.13. The molecule has 0 unspecified atom stereocenters. The Hall–Kier alpha value is -1.25. The normalized spacial score (nSPS) is 19.8. The number of rotatable bonds is 2. The Kier molecular flexibility index (Phi) is 4.45. The molecule has 1 aliphatic heterocycles. The third-order valence-corrected chi connectivity index (χ3v) is 7.62. The van der Waals surface area contributed by atoms with E-state index in [4.69, 9.17) is 4.98 Å². The Labute approximate surface area is 152 Å². The summed E-state index contributed by atoms with van der Waals surface area (Å²) < 4.78 is 25.3. The standard InChI is InChI=1S/C17H24N4O2S2/c1-12-18-16(20-8-5-9-21(11-10-20)25(2,22)23)15-13-6-3-4-7-14(13)24-17(15)19-12/h3-11H2,1-2H3. The summed E-state index contributed by atoms with van der Waals surface area (Å²) >= 11 is 1.82. The van der Waals surface area contributed by atoms with Crippen LogP contribution in [0.2, 0.25) is 0 Å². The van der Waals surface area contributed by atoms with Crippen molar-refractivity contribution < 1.29 is 8.42 Å². The minimum absolute atomic E-state index is 0.524. The summed E-state index contributed by atoms with van der Waals surface area (Å²) in [5.41, 5.74) is 1.44. The fourth-order valence-corrected chi connectivity index (χ4v) is 6.08. The van der Waals surface area contributed by atoms with Crippen molar-refractivity contribution in [2.24, 2.45) is 0 Å². The van der Waals surface area contributed by atoms with Gasteiger partial charge in [0.25, 0.3) is 0 Å². The van der Waals surface area contributed by atoms with E-state index in [1.54, 1.807) is 4.31 Å². The number of sulfonamides is 1. The Balaban J connectivity index is 1.74. The van der Waals surface area contributed by atoms with Gasteiger partial charge in [0, 0.05) is 31.1 Å². The summed E-state index contributed by atoms with van der Waals surface area (Å²) in [6.45, 7) is 4.58. The first kappa shape index (κ1) is 17.2. The van der Waals surface area contributed by atoms with Crippen LogP contribution in [-0.4, -0.2) is 55.1 Å². The minimum atomic E-state index is -3.13. The highest BCUT2D eigenvalue weighted by Gasteiger charge is 2.26. The van der Waals surface area contributed by atoms with E-state index in [1.165, 1.54) is 34.9 Å². The maximum atomic E-state index is 11.9. The Morgan fingerprint density at radius 1 is 1.00 bits per heavy atom. The van der Waals surface area contributed by atoms with Crippen LogP contribution in [0.4, 0.5) is 5.82 Å². The monoisotopic (exact) mass is 380 g/mol. The first-order valence-corrected chi connectivity index (χ1v) is 11.6. The fraction of sp³-hybridized carbons (Fsp3) is 0.647. The van der Waals surface area contributed by atoms with Crippen molar-refractivity contribution >= 4 is 37.4 Å². The van der Waals surface area contributed by atoms with Crippen LogP contribution >= 0.6 is 11.3 Å². The lowest BCUT2D eigenvalue weighted by atomic mass is 9.97. The van der Waals surface area contributed by atoms with E-state index in [0.717, 1.165) is 42.3 Å². The van der Waals surface area contributed by atoms with E-state index in [9.17, 15) is 8.42 Å². The van der Waals surface area contributed by atoms with Crippen molar-refractivity contribution in [3.63, 3.8) is 0 Å². The highest BCUT2D eigenvalue weighted by atomic mass is 32.2. The number of anilines is 1. The van der Waals surface area contributed by atoms with Crippen molar-refractivity contribution in [1.82, 2.24) is 14.3 Å². The second kappa shape index (κ2) is 6.48. The number of nitrogens with zero attached hydrogens (tertiary/aromatic N) is 4. The second-order valence-electron chi connectivity index (χ2n) is 6.99. The van der Waals surface area contributed by atoms with Crippen molar-refractivity contribution in [3.8, 4) is 0 Å². The lowest BCUT2D eigenvalue weighted by Crippen LogP contribution is -2.34. The van der Waals surface area contributed by atoms with Gasteiger partial charge in [0.2, 0.25) is 10.0 Å². The topological polar surface area (TPSA) is 66.4 Å². The number of hydrogen-bond acceptors (Lipinski definition) is 6. The van der Waals surface area contributed by atoms with Gasteiger partial charge in [-0.25, -0.2) is 22.7 Å². The molecule has 0 bridgehead atoms.